The number of rotatable bonds is 6. The second-order valence-electron chi connectivity index (χ2n) is 7.75. The Morgan fingerprint density at radius 1 is 0.969 bits per heavy atom. The minimum absolute atomic E-state index is 0.189. The number of aliphatic hydroxyl groups is 1. The van der Waals surface area contributed by atoms with Gasteiger partial charge in [-0.05, 0) is 42.5 Å². The van der Waals surface area contributed by atoms with Gasteiger partial charge in [-0.25, -0.2) is 0 Å². The van der Waals surface area contributed by atoms with E-state index in [2.05, 4.69) is 9.80 Å². The highest BCUT2D eigenvalue weighted by Crippen LogP contribution is 2.32. The molecule has 5 nitrogen and oxygen atoms in total. The lowest BCUT2D eigenvalue weighted by atomic mass is 10.1. The average molecular weight is 446 g/mol. The van der Waals surface area contributed by atoms with Crippen molar-refractivity contribution in [1.82, 2.24) is 4.90 Å². The van der Waals surface area contributed by atoms with Crippen LogP contribution in [0.15, 0.2) is 59.0 Å². The van der Waals surface area contributed by atoms with Crippen molar-refractivity contribution in [3.05, 3.63) is 71.5 Å². The number of benzene rings is 2. The van der Waals surface area contributed by atoms with E-state index < -0.39 is 11.7 Å². The van der Waals surface area contributed by atoms with Crippen LogP contribution < -0.4 is 9.64 Å². The number of anilines is 1. The third kappa shape index (κ3) is 4.92. The lowest BCUT2D eigenvalue weighted by Crippen LogP contribution is -2.46. The molecule has 0 saturated carbocycles. The Bertz CT molecular complexity index is 1020. The molecule has 1 aromatic heterocycles. The van der Waals surface area contributed by atoms with Gasteiger partial charge in [-0.1, -0.05) is 12.1 Å². The Kier molecular flexibility index (Phi) is 6.43. The van der Waals surface area contributed by atoms with Gasteiger partial charge in [-0.3, -0.25) is 4.90 Å². The van der Waals surface area contributed by atoms with E-state index in [9.17, 15) is 18.3 Å². The van der Waals surface area contributed by atoms with Crippen LogP contribution in [0.3, 0.4) is 0 Å². The summed E-state index contributed by atoms with van der Waals surface area (Å²) in [6.45, 7) is 3.71. The number of halogens is 3. The second kappa shape index (κ2) is 9.26. The molecule has 0 radical (unpaired) electrons. The van der Waals surface area contributed by atoms with Crippen LogP contribution >= 0.6 is 0 Å². The van der Waals surface area contributed by atoms with Gasteiger partial charge in [0, 0.05) is 43.0 Å². The molecule has 1 saturated heterocycles. The fourth-order valence-electron chi connectivity index (χ4n) is 3.86. The van der Waals surface area contributed by atoms with Gasteiger partial charge in [0.05, 0.1) is 25.8 Å². The zero-order chi connectivity index (χ0) is 22.7. The molecule has 0 spiro atoms. The Hall–Kier alpha value is -2.97. The van der Waals surface area contributed by atoms with Crippen molar-refractivity contribution in [1.29, 1.82) is 0 Å². The maximum absolute atomic E-state index is 12.8. The van der Waals surface area contributed by atoms with Gasteiger partial charge in [0.2, 0.25) is 0 Å². The number of piperazine rings is 1. The summed E-state index contributed by atoms with van der Waals surface area (Å²) in [5.41, 5.74) is 1.63. The van der Waals surface area contributed by atoms with Crippen LogP contribution in [-0.2, 0) is 19.3 Å². The maximum Gasteiger partial charge on any atom is 0.416 e. The van der Waals surface area contributed by atoms with E-state index >= 15 is 0 Å². The van der Waals surface area contributed by atoms with Crippen LogP contribution in [0.1, 0.15) is 16.9 Å². The number of hydrogen-bond donors (Lipinski definition) is 1. The highest BCUT2D eigenvalue weighted by molar-refractivity contribution is 5.59. The van der Waals surface area contributed by atoms with Crippen LogP contribution in [0.5, 0.6) is 5.75 Å². The molecular weight excluding hydrogens is 421 g/mol. The molecule has 8 heteroatoms. The molecule has 4 rings (SSSR count). The van der Waals surface area contributed by atoms with E-state index in [1.165, 1.54) is 12.1 Å². The summed E-state index contributed by atoms with van der Waals surface area (Å²) in [5.74, 6) is 1.92. The Labute approximate surface area is 184 Å². The normalized spacial score (nSPS) is 15.2. The van der Waals surface area contributed by atoms with Crippen molar-refractivity contribution in [3.8, 4) is 17.1 Å². The standard InChI is InChI=1S/C24H25F3N2O3/c1-31-21-8-6-20(7-9-21)29-12-10-28(11-13-29)15-23-18(16-30)14-22(32-23)17-2-4-19(5-3-17)24(25,26)27/h2-9,14,30H,10-13,15-16H2,1H3. The summed E-state index contributed by atoms with van der Waals surface area (Å²) in [6.07, 6.45) is -4.38. The summed E-state index contributed by atoms with van der Waals surface area (Å²) in [6, 6.07) is 14.5. The number of aliphatic hydroxyl groups excluding tert-OH is 1. The predicted molar refractivity (Wildman–Crippen MR) is 116 cm³/mol. The van der Waals surface area contributed by atoms with Gasteiger partial charge in [-0.15, -0.1) is 0 Å². The van der Waals surface area contributed by atoms with Gasteiger partial charge in [0.25, 0.3) is 0 Å². The molecule has 0 unspecified atom stereocenters. The Balaban J connectivity index is 1.41. The van der Waals surface area contributed by atoms with Gasteiger partial charge < -0.3 is 19.2 Å². The summed E-state index contributed by atoms with van der Waals surface area (Å²) < 4.78 is 49.6. The number of ether oxygens (including phenoxy) is 1. The fraction of sp³-hybridized carbons (Fsp3) is 0.333. The minimum atomic E-state index is -4.38. The minimum Gasteiger partial charge on any atom is -0.497 e. The summed E-state index contributed by atoms with van der Waals surface area (Å²) >= 11 is 0. The highest BCUT2D eigenvalue weighted by Gasteiger charge is 2.30. The fourth-order valence-corrected chi connectivity index (χ4v) is 3.86. The molecule has 2 heterocycles. The number of furan rings is 1. The summed E-state index contributed by atoms with van der Waals surface area (Å²) in [4.78, 5) is 4.55. The number of hydrogen-bond acceptors (Lipinski definition) is 5. The molecule has 1 N–H and O–H groups in total. The second-order valence-corrected chi connectivity index (χ2v) is 7.75. The Morgan fingerprint density at radius 2 is 1.62 bits per heavy atom. The van der Waals surface area contributed by atoms with Gasteiger partial charge in [-0.2, -0.15) is 13.2 Å². The molecule has 32 heavy (non-hydrogen) atoms. The van der Waals surface area contributed by atoms with Crippen LogP contribution in [-0.4, -0.2) is 43.3 Å². The molecule has 0 bridgehead atoms. The number of methoxy groups -OCH3 is 1. The third-order valence-corrected chi connectivity index (χ3v) is 5.74. The number of alkyl halides is 3. The first-order valence-electron chi connectivity index (χ1n) is 10.4. The highest BCUT2D eigenvalue weighted by atomic mass is 19.4. The first-order valence-corrected chi connectivity index (χ1v) is 10.4. The first-order chi connectivity index (χ1) is 15.4. The van der Waals surface area contributed by atoms with Crippen LogP contribution in [0.25, 0.3) is 11.3 Å². The van der Waals surface area contributed by atoms with Crippen LogP contribution in [0, 0.1) is 0 Å². The molecule has 2 aromatic carbocycles. The first kappa shape index (κ1) is 22.2. The zero-order valence-corrected chi connectivity index (χ0v) is 17.7. The number of nitrogens with zero attached hydrogens (tertiary/aromatic N) is 2. The van der Waals surface area contributed by atoms with Crippen LogP contribution in [0.4, 0.5) is 18.9 Å². The summed E-state index contributed by atoms with van der Waals surface area (Å²) in [7, 11) is 1.64. The monoisotopic (exact) mass is 446 g/mol. The van der Waals surface area contributed by atoms with Crippen molar-refractivity contribution in [3.63, 3.8) is 0 Å². The SMILES string of the molecule is COc1ccc(N2CCN(Cc3oc(-c4ccc(C(F)(F)F)cc4)cc3CO)CC2)cc1. The van der Waals surface area contributed by atoms with E-state index in [4.69, 9.17) is 9.15 Å². The molecule has 170 valence electrons. The van der Waals surface area contributed by atoms with E-state index in [0.29, 0.717) is 29.2 Å². The van der Waals surface area contributed by atoms with Crippen LogP contribution in [0.2, 0.25) is 0 Å². The third-order valence-electron chi connectivity index (χ3n) is 5.74. The maximum atomic E-state index is 12.8. The Morgan fingerprint density at radius 3 is 2.19 bits per heavy atom. The summed E-state index contributed by atoms with van der Waals surface area (Å²) in [5, 5.41) is 9.75. The molecular formula is C24H25F3N2O3. The molecule has 1 aliphatic heterocycles. The van der Waals surface area contributed by atoms with Crippen molar-refractivity contribution in [2.24, 2.45) is 0 Å². The predicted octanol–water partition coefficient (Wildman–Crippen LogP) is 4.79. The molecule has 3 aromatic rings. The smallest absolute Gasteiger partial charge is 0.416 e. The van der Waals surface area contributed by atoms with Crippen molar-refractivity contribution < 1.29 is 27.4 Å². The van der Waals surface area contributed by atoms with Crippen molar-refractivity contribution in [2.75, 3.05) is 38.2 Å². The topological polar surface area (TPSA) is 49.1 Å². The zero-order valence-electron chi connectivity index (χ0n) is 17.7. The van der Waals surface area contributed by atoms with Crippen molar-refractivity contribution in [2.45, 2.75) is 19.3 Å². The molecule has 0 atom stereocenters. The largest absolute Gasteiger partial charge is 0.497 e. The lowest BCUT2D eigenvalue weighted by Gasteiger charge is -2.35. The lowest BCUT2D eigenvalue weighted by molar-refractivity contribution is -0.137. The van der Waals surface area contributed by atoms with Gasteiger partial charge in [0.1, 0.15) is 17.3 Å². The average Bonchev–Trinajstić information content (AvgIpc) is 3.22. The molecule has 1 fully saturated rings. The van der Waals surface area contributed by atoms with E-state index in [1.807, 2.05) is 24.3 Å². The molecule has 0 aliphatic carbocycles. The van der Waals surface area contributed by atoms with Crippen molar-refractivity contribution >= 4 is 5.69 Å². The van der Waals surface area contributed by atoms with E-state index in [-0.39, 0.29) is 6.61 Å². The van der Waals surface area contributed by atoms with Gasteiger partial charge in [0.15, 0.2) is 0 Å². The quantitative estimate of drug-likeness (QED) is 0.590. The van der Waals surface area contributed by atoms with Gasteiger partial charge >= 0.3 is 6.18 Å². The van der Waals surface area contributed by atoms with E-state index in [1.54, 1.807) is 13.2 Å². The molecule has 1 aliphatic rings. The van der Waals surface area contributed by atoms with E-state index in [0.717, 1.165) is 49.7 Å². The molecule has 0 amide bonds.